The summed E-state index contributed by atoms with van der Waals surface area (Å²) in [7, 11) is 1.54. The maximum Gasteiger partial charge on any atom is 0.363 e. The predicted molar refractivity (Wildman–Crippen MR) is 46.6 cm³/mol. The van der Waals surface area contributed by atoms with Crippen LogP contribution in [0, 0.1) is 0 Å². The van der Waals surface area contributed by atoms with Crippen LogP contribution >= 0.6 is 11.8 Å². The summed E-state index contributed by atoms with van der Waals surface area (Å²) in [5.74, 6) is -0.0590. The molecule has 0 aliphatic carbocycles. The summed E-state index contributed by atoms with van der Waals surface area (Å²) in [6.07, 6.45) is 0. The number of nitrogens with zero attached hydrogens (tertiary/aromatic N) is 1. The van der Waals surface area contributed by atoms with E-state index in [-0.39, 0.29) is 0 Å². The first-order chi connectivity index (χ1) is 5.26. The molecule has 0 fully saturated rings. The van der Waals surface area contributed by atoms with E-state index in [2.05, 4.69) is 4.99 Å². The number of carbonyl (C=O) groups is 1. The van der Waals surface area contributed by atoms with Crippen molar-refractivity contribution in [3.05, 3.63) is 0 Å². The Bertz CT molecular complexity index is 159. The highest BCUT2D eigenvalue weighted by molar-refractivity contribution is 8.15. The van der Waals surface area contributed by atoms with Gasteiger partial charge in [0.05, 0.1) is 6.61 Å². The van der Waals surface area contributed by atoms with E-state index in [9.17, 15) is 4.79 Å². The predicted octanol–water partition coefficient (Wildman–Crippen LogP) is 0.227. The Hall–Kier alpha value is -0.550. The van der Waals surface area contributed by atoms with Gasteiger partial charge in [0.1, 0.15) is 0 Å². The van der Waals surface area contributed by atoms with Gasteiger partial charge in [-0.3, -0.25) is 4.99 Å². The van der Waals surface area contributed by atoms with Gasteiger partial charge in [-0.2, -0.15) is 0 Å². The van der Waals surface area contributed by atoms with Gasteiger partial charge in [0, 0.05) is 12.9 Å². The minimum atomic E-state index is -0.398. The topological polar surface area (TPSA) is 64.7 Å². The third-order valence-corrected chi connectivity index (χ3v) is 1.66. The summed E-state index contributed by atoms with van der Waals surface area (Å²) >= 11 is 1.18. The molecule has 0 unspecified atom stereocenters. The Kier molecular flexibility index (Phi) is 5.87. The third-order valence-electron chi connectivity index (χ3n) is 0.873. The molecule has 0 aromatic rings. The largest absolute Gasteiger partial charge is 0.461 e. The Balaban J connectivity index is 3.94. The van der Waals surface area contributed by atoms with Crippen molar-refractivity contribution < 1.29 is 9.53 Å². The highest BCUT2D eigenvalue weighted by Gasteiger charge is 2.10. The Morgan fingerprint density at radius 2 is 2.36 bits per heavy atom. The summed E-state index contributed by atoms with van der Waals surface area (Å²) < 4.78 is 4.70. The van der Waals surface area contributed by atoms with Crippen LogP contribution in [0.3, 0.4) is 0 Å². The van der Waals surface area contributed by atoms with Crippen molar-refractivity contribution in [2.45, 2.75) is 6.92 Å². The van der Waals surface area contributed by atoms with E-state index in [0.29, 0.717) is 17.5 Å². The highest BCUT2D eigenvalue weighted by Crippen LogP contribution is 2.02. The van der Waals surface area contributed by atoms with Gasteiger partial charge in [0.2, 0.25) is 0 Å². The van der Waals surface area contributed by atoms with E-state index < -0.39 is 5.97 Å². The first-order valence-corrected chi connectivity index (χ1v) is 4.21. The third kappa shape index (κ3) is 4.00. The van der Waals surface area contributed by atoms with Gasteiger partial charge in [-0.05, 0) is 6.92 Å². The molecule has 0 rings (SSSR count). The Labute approximate surface area is 70.2 Å². The molecule has 11 heavy (non-hydrogen) atoms. The maximum absolute atomic E-state index is 10.9. The van der Waals surface area contributed by atoms with Crippen molar-refractivity contribution in [1.29, 1.82) is 0 Å². The average molecular weight is 176 g/mol. The Morgan fingerprint density at radius 1 is 1.73 bits per heavy atom. The smallest absolute Gasteiger partial charge is 0.363 e. The molecule has 5 heteroatoms. The lowest BCUT2D eigenvalue weighted by Crippen LogP contribution is -2.16. The number of hydrogen-bond acceptors (Lipinski definition) is 5. The zero-order valence-corrected chi connectivity index (χ0v) is 7.48. The van der Waals surface area contributed by atoms with Crippen molar-refractivity contribution in [1.82, 2.24) is 0 Å². The first kappa shape index (κ1) is 10.4. The molecule has 0 spiro atoms. The zero-order valence-electron chi connectivity index (χ0n) is 6.66. The molecule has 0 bridgehead atoms. The second kappa shape index (κ2) is 6.18. The van der Waals surface area contributed by atoms with Crippen LogP contribution in [0.15, 0.2) is 4.99 Å². The van der Waals surface area contributed by atoms with Crippen LogP contribution in [0.4, 0.5) is 0 Å². The quantitative estimate of drug-likeness (QED) is 0.283. The van der Waals surface area contributed by atoms with E-state index in [0.717, 1.165) is 0 Å². The molecule has 0 aliphatic heterocycles. The normalized spacial score (nSPS) is 11.4. The van der Waals surface area contributed by atoms with Crippen LogP contribution in [-0.4, -0.2) is 30.5 Å². The molecule has 0 saturated carbocycles. The van der Waals surface area contributed by atoms with Crippen molar-refractivity contribution in [3.63, 3.8) is 0 Å². The van der Waals surface area contributed by atoms with Crippen LogP contribution < -0.4 is 5.73 Å². The molecule has 2 N–H and O–H groups in total. The SMILES string of the molecule is CCOC(=O)/C(=N/C)SCN. The van der Waals surface area contributed by atoms with E-state index in [1.165, 1.54) is 18.8 Å². The summed E-state index contributed by atoms with van der Waals surface area (Å²) in [6, 6.07) is 0. The maximum atomic E-state index is 10.9. The molecule has 0 aromatic heterocycles. The first-order valence-electron chi connectivity index (χ1n) is 3.23. The van der Waals surface area contributed by atoms with Gasteiger partial charge >= 0.3 is 5.97 Å². The molecule has 0 aliphatic rings. The fourth-order valence-electron chi connectivity index (χ4n) is 0.487. The van der Waals surface area contributed by atoms with Gasteiger partial charge in [-0.25, -0.2) is 4.79 Å². The molecule has 4 nitrogen and oxygen atoms in total. The van der Waals surface area contributed by atoms with Crippen LogP contribution in [-0.2, 0) is 9.53 Å². The number of ether oxygens (including phenoxy) is 1. The molecule has 0 aromatic carbocycles. The standard InChI is InChI=1S/C6H12N2O2S/c1-3-10-6(9)5(8-2)11-4-7/h3-4,7H2,1-2H3/b8-5-. The summed E-state index contributed by atoms with van der Waals surface area (Å²) in [5.41, 5.74) is 5.21. The van der Waals surface area contributed by atoms with Crippen molar-refractivity contribution in [3.8, 4) is 0 Å². The lowest BCUT2D eigenvalue weighted by Gasteiger charge is -2.01. The molecule has 64 valence electrons. The minimum absolute atomic E-state index is 0.328. The molecule has 0 heterocycles. The second-order valence-electron chi connectivity index (χ2n) is 1.56. The van der Waals surface area contributed by atoms with E-state index in [1.807, 2.05) is 0 Å². The van der Waals surface area contributed by atoms with Crippen molar-refractivity contribution in [2.24, 2.45) is 10.7 Å². The summed E-state index contributed by atoms with van der Waals surface area (Å²) in [4.78, 5) is 14.7. The van der Waals surface area contributed by atoms with Gasteiger partial charge in [0.15, 0.2) is 5.04 Å². The highest BCUT2D eigenvalue weighted by atomic mass is 32.2. The van der Waals surface area contributed by atoms with Gasteiger partial charge < -0.3 is 10.5 Å². The number of hydrogen-bond donors (Lipinski definition) is 1. The van der Waals surface area contributed by atoms with Crippen LogP contribution in [0.25, 0.3) is 0 Å². The second-order valence-corrected chi connectivity index (χ2v) is 2.57. The molecule has 0 radical (unpaired) electrons. The molecule has 0 atom stereocenters. The monoisotopic (exact) mass is 176 g/mol. The van der Waals surface area contributed by atoms with Gasteiger partial charge in [-0.1, -0.05) is 11.8 Å². The van der Waals surface area contributed by atoms with Crippen molar-refractivity contribution >= 4 is 22.8 Å². The number of aliphatic imine (C=N–C) groups is 1. The minimum Gasteiger partial charge on any atom is -0.461 e. The molecule has 0 saturated heterocycles. The van der Waals surface area contributed by atoms with E-state index in [4.69, 9.17) is 10.5 Å². The van der Waals surface area contributed by atoms with Gasteiger partial charge in [-0.15, -0.1) is 0 Å². The number of esters is 1. The molecular formula is C6H12N2O2S. The lowest BCUT2D eigenvalue weighted by atomic mass is 10.7. The molecule has 0 amide bonds. The molecular weight excluding hydrogens is 164 g/mol. The Morgan fingerprint density at radius 3 is 2.73 bits per heavy atom. The average Bonchev–Trinajstić information content (AvgIpc) is 2.00. The van der Waals surface area contributed by atoms with E-state index >= 15 is 0 Å². The van der Waals surface area contributed by atoms with Crippen LogP contribution in [0.1, 0.15) is 6.92 Å². The van der Waals surface area contributed by atoms with Crippen molar-refractivity contribution in [2.75, 3.05) is 19.5 Å². The zero-order chi connectivity index (χ0) is 8.69. The number of rotatable bonds is 2. The number of thioether (sulfide) groups is 1. The van der Waals surface area contributed by atoms with Crippen LogP contribution in [0.2, 0.25) is 0 Å². The fraction of sp³-hybridized carbons (Fsp3) is 0.667. The summed E-state index contributed by atoms with van der Waals surface area (Å²) in [5, 5.41) is 0.328. The van der Waals surface area contributed by atoms with Gasteiger partial charge in [0.25, 0.3) is 0 Å². The lowest BCUT2D eigenvalue weighted by molar-refractivity contribution is -0.134. The number of carbonyl (C=O) groups excluding carboxylic acids is 1. The number of nitrogens with two attached hydrogens (primary N) is 1. The summed E-state index contributed by atoms with van der Waals surface area (Å²) in [6.45, 7) is 2.11. The van der Waals surface area contributed by atoms with E-state index in [1.54, 1.807) is 6.92 Å². The fourth-order valence-corrected chi connectivity index (χ4v) is 0.950. The van der Waals surface area contributed by atoms with Crippen LogP contribution in [0.5, 0.6) is 0 Å².